The second-order valence-electron chi connectivity index (χ2n) is 2.33. The van der Waals surface area contributed by atoms with Crippen molar-refractivity contribution in [3.05, 3.63) is 21.9 Å². The molecule has 0 saturated heterocycles. The second-order valence-corrected chi connectivity index (χ2v) is 3.12. The van der Waals surface area contributed by atoms with E-state index in [0.29, 0.717) is 0 Å². The Morgan fingerprint density at radius 1 is 1.54 bits per heavy atom. The highest BCUT2D eigenvalue weighted by Gasteiger charge is 2.15. The average molecular weight is 252 g/mol. The first-order valence-electron chi connectivity index (χ1n) is 3.28. The Balaban J connectivity index is 3.28. The van der Waals surface area contributed by atoms with Crippen LogP contribution in [0.25, 0.3) is 0 Å². The van der Waals surface area contributed by atoms with Crippen molar-refractivity contribution in [3.63, 3.8) is 0 Å². The van der Waals surface area contributed by atoms with Crippen LogP contribution in [0.2, 0.25) is 0 Å². The molecule has 0 atom stereocenters. The molecule has 0 aliphatic heterocycles. The van der Waals surface area contributed by atoms with Crippen LogP contribution >= 0.6 is 15.9 Å². The van der Waals surface area contributed by atoms with Gasteiger partial charge in [0.15, 0.2) is 11.5 Å². The van der Waals surface area contributed by atoms with Gasteiger partial charge in [0.05, 0.1) is 11.1 Å². The molecule has 0 heterocycles. The zero-order valence-corrected chi connectivity index (χ0v) is 8.01. The monoisotopic (exact) mass is 251 g/mol. The van der Waals surface area contributed by atoms with E-state index >= 15 is 0 Å². The van der Waals surface area contributed by atoms with Gasteiger partial charge in [-0.1, -0.05) is 0 Å². The second kappa shape index (κ2) is 3.91. The first kappa shape index (κ1) is 10.2. The number of benzene rings is 1. The minimum Gasteiger partial charge on any atom is -0.504 e. The highest BCUT2D eigenvalue weighted by atomic mass is 79.9. The highest BCUT2D eigenvalue weighted by molar-refractivity contribution is 9.10. The van der Waals surface area contributed by atoms with Gasteiger partial charge >= 0.3 is 0 Å². The lowest BCUT2D eigenvalue weighted by molar-refractivity contribution is 0.121. The maximum atomic E-state index is 12.9. The van der Waals surface area contributed by atoms with E-state index in [1.54, 1.807) is 0 Å². The van der Waals surface area contributed by atoms with Crippen molar-refractivity contribution < 1.29 is 19.4 Å². The molecule has 0 aliphatic carbocycles. The smallest absolute Gasteiger partial charge is 0.164 e. The van der Waals surface area contributed by atoms with Crippen molar-refractivity contribution in [1.29, 1.82) is 0 Å². The van der Waals surface area contributed by atoms with Crippen LogP contribution in [0.4, 0.5) is 4.39 Å². The maximum absolute atomic E-state index is 12.9. The highest BCUT2D eigenvalue weighted by Crippen LogP contribution is 2.36. The molecule has 4 N–H and O–H groups in total. The quantitative estimate of drug-likeness (QED) is 0.549. The van der Waals surface area contributed by atoms with Crippen LogP contribution in [0.5, 0.6) is 11.5 Å². The fourth-order valence-corrected chi connectivity index (χ4v) is 1.29. The van der Waals surface area contributed by atoms with Crippen molar-refractivity contribution in [2.24, 2.45) is 5.90 Å². The molecule has 0 aromatic heterocycles. The summed E-state index contributed by atoms with van der Waals surface area (Å²) >= 11 is 2.88. The van der Waals surface area contributed by atoms with Crippen molar-refractivity contribution in [2.45, 2.75) is 6.61 Å². The predicted molar refractivity (Wildman–Crippen MR) is 46.4 cm³/mol. The Labute approximate surface area is 81.8 Å². The summed E-state index contributed by atoms with van der Waals surface area (Å²) in [4.78, 5) is 4.23. The number of hydrogen-bond donors (Lipinski definition) is 3. The van der Waals surface area contributed by atoms with Crippen molar-refractivity contribution in [1.82, 2.24) is 0 Å². The summed E-state index contributed by atoms with van der Waals surface area (Å²) in [6.45, 7) is -0.197. The Bertz CT molecular complexity index is 306. The fourth-order valence-electron chi connectivity index (χ4n) is 0.870. The summed E-state index contributed by atoms with van der Waals surface area (Å²) in [5.41, 5.74) is 0.0694. The molecule has 1 aromatic carbocycles. The fraction of sp³-hybridized carbons (Fsp3) is 0.143. The van der Waals surface area contributed by atoms with Crippen LogP contribution < -0.4 is 5.90 Å². The molecule has 4 nitrogen and oxygen atoms in total. The van der Waals surface area contributed by atoms with Crippen LogP contribution in [0.1, 0.15) is 5.56 Å². The van der Waals surface area contributed by atoms with Crippen molar-refractivity contribution >= 4 is 15.9 Å². The summed E-state index contributed by atoms with van der Waals surface area (Å²) in [5, 5.41) is 18.3. The summed E-state index contributed by atoms with van der Waals surface area (Å²) in [7, 11) is 0. The largest absolute Gasteiger partial charge is 0.504 e. The van der Waals surface area contributed by atoms with Crippen LogP contribution in [-0.4, -0.2) is 10.2 Å². The van der Waals surface area contributed by atoms with E-state index in [-0.39, 0.29) is 16.6 Å². The first-order chi connectivity index (χ1) is 6.07. The predicted octanol–water partition coefficient (Wildman–Crippen LogP) is 1.39. The van der Waals surface area contributed by atoms with Gasteiger partial charge in [0, 0.05) is 11.6 Å². The Morgan fingerprint density at radius 2 is 2.15 bits per heavy atom. The van der Waals surface area contributed by atoms with Gasteiger partial charge in [-0.05, 0) is 15.9 Å². The Kier molecular flexibility index (Phi) is 3.07. The van der Waals surface area contributed by atoms with Gasteiger partial charge in [0.25, 0.3) is 0 Å². The number of rotatable bonds is 2. The minimum atomic E-state index is -0.692. The summed E-state index contributed by atoms with van der Waals surface area (Å²) < 4.78 is 13.0. The lowest BCUT2D eigenvalue weighted by Crippen LogP contribution is -2.01. The van der Waals surface area contributed by atoms with E-state index in [1.165, 1.54) is 0 Å². The minimum absolute atomic E-state index is 0.0215. The normalized spacial score (nSPS) is 10.4. The lowest BCUT2D eigenvalue weighted by Gasteiger charge is -2.08. The summed E-state index contributed by atoms with van der Waals surface area (Å²) in [5.74, 6) is 3.08. The zero-order chi connectivity index (χ0) is 10.0. The van der Waals surface area contributed by atoms with E-state index in [9.17, 15) is 9.50 Å². The summed E-state index contributed by atoms with van der Waals surface area (Å²) in [6, 6.07) is 0.791. The molecule has 1 aromatic rings. The van der Waals surface area contributed by atoms with Gasteiger partial charge in [-0.15, -0.1) is 0 Å². The standard InChI is InChI=1S/C7H7BrFNO3/c8-6-3(2-13-10)7(12)5(11)1-4(6)9/h1,11-12H,2,10H2. The number of nitrogens with two attached hydrogens (primary N) is 1. The SMILES string of the molecule is NOCc1c(O)c(O)cc(F)c1Br. The van der Waals surface area contributed by atoms with E-state index < -0.39 is 17.3 Å². The number of halogens is 2. The molecule has 72 valence electrons. The number of phenols is 2. The van der Waals surface area contributed by atoms with Gasteiger partial charge in [-0.3, -0.25) is 4.84 Å². The van der Waals surface area contributed by atoms with E-state index in [4.69, 9.17) is 11.0 Å². The lowest BCUT2D eigenvalue weighted by atomic mass is 10.2. The molecule has 0 saturated carbocycles. The van der Waals surface area contributed by atoms with Gasteiger partial charge in [-0.2, -0.15) is 0 Å². The molecule has 0 amide bonds. The summed E-state index contributed by atoms with van der Waals surface area (Å²) in [6.07, 6.45) is 0. The molecular weight excluding hydrogens is 245 g/mol. The Morgan fingerprint density at radius 3 is 2.69 bits per heavy atom. The van der Waals surface area contributed by atoms with E-state index in [2.05, 4.69) is 20.8 Å². The molecule has 13 heavy (non-hydrogen) atoms. The Hall–Kier alpha value is -0.850. The van der Waals surface area contributed by atoms with Crippen LogP contribution in [0.15, 0.2) is 10.5 Å². The van der Waals surface area contributed by atoms with Crippen molar-refractivity contribution in [2.75, 3.05) is 0 Å². The molecule has 0 radical (unpaired) electrons. The first-order valence-corrected chi connectivity index (χ1v) is 4.07. The van der Waals surface area contributed by atoms with Gasteiger partial charge in [0.1, 0.15) is 5.82 Å². The molecule has 0 aliphatic rings. The van der Waals surface area contributed by atoms with Crippen LogP contribution in [-0.2, 0) is 11.4 Å². The van der Waals surface area contributed by atoms with Crippen molar-refractivity contribution in [3.8, 4) is 11.5 Å². The molecule has 0 fully saturated rings. The molecule has 6 heteroatoms. The maximum Gasteiger partial charge on any atom is 0.164 e. The van der Waals surface area contributed by atoms with Crippen LogP contribution in [0, 0.1) is 5.82 Å². The third-order valence-electron chi connectivity index (χ3n) is 1.49. The van der Waals surface area contributed by atoms with E-state index in [0.717, 1.165) is 6.07 Å². The van der Waals surface area contributed by atoms with E-state index in [1.807, 2.05) is 0 Å². The molecule has 0 bridgehead atoms. The van der Waals surface area contributed by atoms with Gasteiger partial charge in [0.2, 0.25) is 0 Å². The molecule has 0 spiro atoms. The number of aromatic hydroxyl groups is 2. The topological polar surface area (TPSA) is 75.7 Å². The third kappa shape index (κ3) is 1.90. The zero-order valence-electron chi connectivity index (χ0n) is 6.42. The average Bonchev–Trinajstić information content (AvgIpc) is 2.09. The molecular formula is C7H7BrFNO3. The number of phenolic OH excluding ortho intramolecular Hbond substituents is 2. The molecule has 0 unspecified atom stereocenters. The van der Waals surface area contributed by atoms with Crippen LogP contribution in [0.3, 0.4) is 0 Å². The third-order valence-corrected chi connectivity index (χ3v) is 2.35. The van der Waals surface area contributed by atoms with Gasteiger partial charge < -0.3 is 10.2 Å². The van der Waals surface area contributed by atoms with Gasteiger partial charge in [-0.25, -0.2) is 10.3 Å². The number of hydrogen-bond acceptors (Lipinski definition) is 4. The molecule has 1 rings (SSSR count).